The van der Waals surface area contributed by atoms with Crippen LogP contribution >= 0.6 is 0 Å². The third kappa shape index (κ3) is 4.27. The number of carbonyl (C=O) groups excluding carboxylic acids is 2. The van der Waals surface area contributed by atoms with Gasteiger partial charge in [-0.1, -0.05) is 0 Å². The number of hydrogen-bond donors (Lipinski definition) is 1. The molecule has 0 bridgehead atoms. The van der Waals surface area contributed by atoms with E-state index >= 15 is 0 Å². The molecule has 0 aromatic heterocycles. The van der Waals surface area contributed by atoms with Crippen LogP contribution in [0.2, 0.25) is 0 Å². The van der Waals surface area contributed by atoms with Crippen LogP contribution in [0.4, 0.5) is 0 Å². The van der Waals surface area contributed by atoms with Crippen molar-refractivity contribution in [3.8, 4) is 0 Å². The number of rotatable bonds is 5. The van der Waals surface area contributed by atoms with Gasteiger partial charge in [0.25, 0.3) is 5.91 Å². The van der Waals surface area contributed by atoms with Crippen molar-refractivity contribution >= 4 is 11.9 Å². The van der Waals surface area contributed by atoms with E-state index in [1.54, 1.807) is 14.0 Å². The van der Waals surface area contributed by atoms with Gasteiger partial charge in [0, 0.05) is 26.8 Å². The summed E-state index contributed by atoms with van der Waals surface area (Å²) >= 11 is 0. The van der Waals surface area contributed by atoms with Gasteiger partial charge >= 0.3 is 5.97 Å². The van der Waals surface area contributed by atoms with Crippen molar-refractivity contribution in [1.29, 1.82) is 0 Å². The Kier molecular flexibility index (Phi) is 6.07. The predicted molar refractivity (Wildman–Crippen MR) is 65.8 cm³/mol. The van der Waals surface area contributed by atoms with E-state index in [0.29, 0.717) is 12.5 Å². The second-order valence-corrected chi connectivity index (χ2v) is 4.50. The third-order valence-corrected chi connectivity index (χ3v) is 3.06. The van der Waals surface area contributed by atoms with Crippen LogP contribution < -0.4 is 5.73 Å². The van der Waals surface area contributed by atoms with Crippen LogP contribution in [0.5, 0.6) is 0 Å². The molecule has 0 radical (unpaired) electrons. The molecule has 1 heterocycles. The van der Waals surface area contributed by atoms with Crippen molar-refractivity contribution in [2.24, 2.45) is 11.7 Å². The molecule has 1 amide bonds. The average Bonchev–Trinajstić information content (AvgIpc) is 2.38. The SMILES string of the molecule is CCOC(=O)C(N)C(=O)N(C)CC1CCOCC1. The molecule has 1 aliphatic heterocycles. The van der Waals surface area contributed by atoms with Gasteiger partial charge in [0.15, 0.2) is 6.04 Å². The maximum atomic E-state index is 11.9. The van der Waals surface area contributed by atoms with E-state index in [0.717, 1.165) is 26.1 Å². The normalized spacial score (nSPS) is 18.2. The second kappa shape index (κ2) is 7.33. The summed E-state index contributed by atoms with van der Waals surface area (Å²) in [5.41, 5.74) is 5.56. The predicted octanol–water partition coefficient (Wildman–Crippen LogP) is -0.238. The molecule has 1 rings (SSSR count). The number of nitrogens with two attached hydrogens (primary N) is 1. The summed E-state index contributed by atoms with van der Waals surface area (Å²) < 4.78 is 9.99. The number of carbonyl (C=O) groups is 2. The molecule has 0 aromatic rings. The van der Waals surface area contributed by atoms with Gasteiger partial charge in [0.2, 0.25) is 0 Å². The highest BCUT2D eigenvalue weighted by Crippen LogP contribution is 2.15. The Labute approximate surface area is 107 Å². The van der Waals surface area contributed by atoms with Gasteiger partial charge < -0.3 is 20.1 Å². The molecule has 0 aromatic carbocycles. The van der Waals surface area contributed by atoms with Crippen LogP contribution in [-0.4, -0.2) is 56.2 Å². The zero-order valence-electron chi connectivity index (χ0n) is 11.1. The lowest BCUT2D eigenvalue weighted by Gasteiger charge is -2.28. The zero-order valence-corrected chi connectivity index (χ0v) is 11.1. The van der Waals surface area contributed by atoms with Crippen LogP contribution in [0.15, 0.2) is 0 Å². The van der Waals surface area contributed by atoms with E-state index in [-0.39, 0.29) is 12.5 Å². The highest BCUT2D eigenvalue weighted by molar-refractivity contribution is 6.01. The Morgan fingerprint density at radius 1 is 1.44 bits per heavy atom. The molecule has 0 aliphatic carbocycles. The summed E-state index contributed by atoms with van der Waals surface area (Å²) in [5.74, 6) is -0.636. The summed E-state index contributed by atoms with van der Waals surface area (Å²) in [6.45, 7) is 3.98. The maximum Gasteiger partial charge on any atom is 0.332 e. The smallest absolute Gasteiger partial charge is 0.332 e. The van der Waals surface area contributed by atoms with Crippen molar-refractivity contribution in [3.05, 3.63) is 0 Å². The lowest BCUT2D eigenvalue weighted by molar-refractivity contribution is -0.150. The molecule has 1 unspecified atom stereocenters. The fourth-order valence-electron chi connectivity index (χ4n) is 1.98. The number of nitrogens with zero attached hydrogens (tertiary/aromatic N) is 1. The van der Waals surface area contributed by atoms with Crippen molar-refractivity contribution in [1.82, 2.24) is 4.90 Å². The van der Waals surface area contributed by atoms with Crippen LogP contribution in [0.25, 0.3) is 0 Å². The number of hydrogen-bond acceptors (Lipinski definition) is 5. The Bertz CT molecular complexity index is 290. The molecule has 18 heavy (non-hydrogen) atoms. The van der Waals surface area contributed by atoms with Gasteiger partial charge in [-0.3, -0.25) is 4.79 Å². The molecule has 1 atom stereocenters. The zero-order chi connectivity index (χ0) is 13.5. The average molecular weight is 258 g/mol. The van der Waals surface area contributed by atoms with Crippen molar-refractivity contribution < 1.29 is 19.1 Å². The Balaban J connectivity index is 2.41. The third-order valence-electron chi connectivity index (χ3n) is 3.06. The highest BCUT2D eigenvalue weighted by atomic mass is 16.5. The van der Waals surface area contributed by atoms with Crippen LogP contribution in [0, 0.1) is 5.92 Å². The van der Waals surface area contributed by atoms with E-state index in [4.69, 9.17) is 15.2 Å². The molecule has 0 saturated carbocycles. The lowest BCUT2D eigenvalue weighted by Crippen LogP contribution is -2.49. The van der Waals surface area contributed by atoms with Gasteiger partial charge in [-0.15, -0.1) is 0 Å². The second-order valence-electron chi connectivity index (χ2n) is 4.50. The molecule has 2 N–H and O–H groups in total. The van der Waals surface area contributed by atoms with E-state index < -0.39 is 12.0 Å². The summed E-state index contributed by atoms with van der Waals surface area (Å²) in [5, 5.41) is 0. The highest BCUT2D eigenvalue weighted by Gasteiger charge is 2.28. The van der Waals surface area contributed by atoms with Crippen molar-refractivity contribution in [2.75, 3.05) is 33.4 Å². The van der Waals surface area contributed by atoms with E-state index in [1.807, 2.05) is 0 Å². The summed E-state index contributed by atoms with van der Waals surface area (Å²) in [4.78, 5) is 24.8. The van der Waals surface area contributed by atoms with Crippen LogP contribution in [0.1, 0.15) is 19.8 Å². The first-order valence-electron chi connectivity index (χ1n) is 6.31. The largest absolute Gasteiger partial charge is 0.464 e. The minimum absolute atomic E-state index is 0.226. The number of esters is 1. The first-order valence-corrected chi connectivity index (χ1v) is 6.31. The van der Waals surface area contributed by atoms with E-state index in [2.05, 4.69) is 0 Å². The molecular formula is C12H22N2O4. The Morgan fingerprint density at radius 3 is 2.61 bits per heavy atom. The molecular weight excluding hydrogens is 236 g/mol. The summed E-state index contributed by atoms with van der Waals surface area (Å²) in [7, 11) is 1.66. The Hall–Kier alpha value is -1.14. The van der Waals surface area contributed by atoms with Gasteiger partial charge in [0.05, 0.1) is 6.61 Å². The molecule has 1 fully saturated rings. The molecule has 6 heteroatoms. The molecule has 0 spiro atoms. The number of likely N-dealkylation sites (N-methyl/N-ethyl adjacent to an activating group) is 1. The van der Waals surface area contributed by atoms with Gasteiger partial charge in [-0.25, -0.2) is 4.79 Å². The van der Waals surface area contributed by atoms with Crippen LogP contribution in [-0.2, 0) is 19.1 Å². The van der Waals surface area contributed by atoms with Crippen molar-refractivity contribution in [3.63, 3.8) is 0 Å². The Morgan fingerprint density at radius 2 is 2.06 bits per heavy atom. The minimum Gasteiger partial charge on any atom is -0.464 e. The number of ether oxygens (including phenoxy) is 2. The fourth-order valence-corrected chi connectivity index (χ4v) is 1.98. The quantitative estimate of drug-likeness (QED) is 0.544. The topological polar surface area (TPSA) is 81.9 Å². The number of amides is 1. The maximum absolute atomic E-state index is 11.9. The standard InChI is InChI=1S/C12H22N2O4/c1-3-18-12(16)10(13)11(15)14(2)8-9-4-6-17-7-5-9/h9-10H,3-8,13H2,1-2H3. The van der Waals surface area contributed by atoms with Crippen molar-refractivity contribution in [2.45, 2.75) is 25.8 Å². The minimum atomic E-state index is -1.21. The summed E-state index contributed by atoms with van der Waals surface area (Å²) in [6.07, 6.45) is 1.87. The molecule has 104 valence electrons. The van der Waals surface area contributed by atoms with Gasteiger partial charge in [-0.05, 0) is 25.7 Å². The monoisotopic (exact) mass is 258 g/mol. The van der Waals surface area contributed by atoms with Gasteiger partial charge in [0.1, 0.15) is 0 Å². The van der Waals surface area contributed by atoms with E-state index in [1.165, 1.54) is 4.90 Å². The molecule has 6 nitrogen and oxygen atoms in total. The summed E-state index contributed by atoms with van der Waals surface area (Å²) in [6, 6.07) is -1.21. The molecule has 1 saturated heterocycles. The lowest BCUT2D eigenvalue weighted by atomic mass is 9.99. The van der Waals surface area contributed by atoms with Crippen LogP contribution in [0.3, 0.4) is 0 Å². The first-order chi connectivity index (χ1) is 8.56. The fraction of sp³-hybridized carbons (Fsp3) is 0.833. The van der Waals surface area contributed by atoms with Gasteiger partial charge in [-0.2, -0.15) is 0 Å². The first kappa shape index (κ1) is 14.9. The van der Waals surface area contributed by atoms with E-state index in [9.17, 15) is 9.59 Å². The molecule has 1 aliphatic rings.